The molecule has 0 aliphatic rings. The Hall–Kier alpha value is -2.17. The molecule has 0 aliphatic heterocycles. The summed E-state index contributed by atoms with van der Waals surface area (Å²) in [7, 11) is 0. The molecule has 0 fully saturated rings. The first-order valence-electron chi connectivity index (χ1n) is 5.76. The summed E-state index contributed by atoms with van der Waals surface area (Å²) in [4.78, 5) is 19.0. The van der Waals surface area contributed by atoms with E-state index in [2.05, 4.69) is 15.3 Å². The number of rotatable bonds is 4. The van der Waals surface area contributed by atoms with E-state index >= 15 is 0 Å². The van der Waals surface area contributed by atoms with Crippen LogP contribution < -0.4 is 5.32 Å². The van der Waals surface area contributed by atoms with Crippen molar-refractivity contribution in [2.45, 2.75) is 19.4 Å². The predicted octanol–water partition coefficient (Wildman–Crippen LogP) is 2.43. The second-order valence-corrected chi connectivity index (χ2v) is 3.92. The fourth-order valence-corrected chi connectivity index (χ4v) is 1.70. The lowest BCUT2D eigenvalue weighted by Gasteiger charge is -2.14. The average molecular weight is 247 g/mol. The summed E-state index contributed by atoms with van der Waals surface area (Å²) in [5, 5.41) is 2.81. The van der Waals surface area contributed by atoms with Crippen molar-refractivity contribution < 1.29 is 9.18 Å². The standard InChI is InChI=1S/C13H14FN3O/c1-2-11(12-15-6-7-16-12)17-13(18)9-4-3-5-10(14)8-9/h3-8,11H,2H2,1H3,(H,15,16)(H,17,18). The van der Waals surface area contributed by atoms with Crippen LogP contribution in [0.1, 0.15) is 35.6 Å². The van der Waals surface area contributed by atoms with E-state index in [4.69, 9.17) is 0 Å². The highest BCUT2D eigenvalue weighted by Gasteiger charge is 2.15. The van der Waals surface area contributed by atoms with Crippen molar-refractivity contribution in [1.29, 1.82) is 0 Å². The molecule has 2 rings (SSSR count). The number of aromatic nitrogens is 2. The minimum absolute atomic E-state index is 0.198. The highest BCUT2D eigenvalue weighted by atomic mass is 19.1. The number of H-pyrrole nitrogens is 1. The van der Waals surface area contributed by atoms with Crippen LogP contribution >= 0.6 is 0 Å². The van der Waals surface area contributed by atoms with Crippen molar-refractivity contribution in [3.05, 3.63) is 53.9 Å². The molecule has 1 unspecified atom stereocenters. The Morgan fingerprint density at radius 3 is 3.00 bits per heavy atom. The van der Waals surface area contributed by atoms with Crippen LogP contribution in [0.2, 0.25) is 0 Å². The number of hydrogen-bond donors (Lipinski definition) is 2. The predicted molar refractivity (Wildman–Crippen MR) is 65.5 cm³/mol. The minimum atomic E-state index is -0.423. The normalized spacial score (nSPS) is 12.1. The SMILES string of the molecule is CCC(NC(=O)c1cccc(F)c1)c1ncc[nH]1. The maximum absolute atomic E-state index is 13.0. The summed E-state index contributed by atoms with van der Waals surface area (Å²) in [6, 6.07) is 5.41. The van der Waals surface area contributed by atoms with Gasteiger partial charge in [0.25, 0.3) is 5.91 Å². The zero-order valence-corrected chi connectivity index (χ0v) is 9.98. The number of halogens is 1. The molecule has 2 aromatic rings. The van der Waals surface area contributed by atoms with E-state index in [1.165, 1.54) is 18.2 Å². The van der Waals surface area contributed by atoms with Crippen LogP contribution in [0.25, 0.3) is 0 Å². The maximum atomic E-state index is 13.0. The minimum Gasteiger partial charge on any atom is -0.347 e. The number of aromatic amines is 1. The van der Waals surface area contributed by atoms with Gasteiger partial charge >= 0.3 is 0 Å². The van der Waals surface area contributed by atoms with E-state index in [0.717, 1.165) is 0 Å². The quantitative estimate of drug-likeness (QED) is 0.871. The molecule has 0 radical (unpaired) electrons. The summed E-state index contributed by atoms with van der Waals surface area (Å²) in [5.74, 6) is -0.0336. The molecule has 94 valence electrons. The van der Waals surface area contributed by atoms with Crippen LogP contribution in [-0.4, -0.2) is 15.9 Å². The number of nitrogens with one attached hydrogen (secondary N) is 2. The molecule has 1 aromatic carbocycles. The van der Waals surface area contributed by atoms with Gasteiger partial charge in [0, 0.05) is 18.0 Å². The van der Waals surface area contributed by atoms with Gasteiger partial charge in [0.1, 0.15) is 11.6 Å². The molecule has 4 nitrogen and oxygen atoms in total. The van der Waals surface area contributed by atoms with Crippen LogP contribution in [-0.2, 0) is 0 Å². The molecule has 5 heteroatoms. The molecule has 0 aliphatic carbocycles. The first-order valence-corrected chi connectivity index (χ1v) is 5.76. The molecule has 0 saturated heterocycles. The Morgan fingerprint density at radius 1 is 1.56 bits per heavy atom. The van der Waals surface area contributed by atoms with Crippen LogP contribution in [0, 0.1) is 5.82 Å². The second kappa shape index (κ2) is 5.44. The average Bonchev–Trinajstić information content (AvgIpc) is 2.89. The summed E-state index contributed by atoms with van der Waals surface area (Å²) >= 11 is 0. The number of amides is 1. The first kappa shape index (κ1) is 12.3. The van der Waals surface area contributed by atoms with Gasteiger partial charge in [0.05, 0.1) is 6.04 Å². The molecule has 1 atom stereocenters. The molecule has 1 aromatic heterocycles. The van der Waals surface area contributed by atoms with E-state index < -0.39 is 5.82 Å². The van der Waals surface area contributed by atoms with E-state index in [0.29, 0.717) is 17.8 Å². The first-order chi connectivity index (χ1) is 8.70. The summed E-state index contributed by atoms with van der Waals surface area (Å²) in [6.45, 7) is 1.94. The molecule has 0 bridgehead atoms. The van der Waals surface area contributed by atoms with E-state index in [1.54, 1.807) is 18.5 Å². The molecule has 1 amide bonds. The van der Waals surface area contributed by atoms with Gasteiger partial charge < -0.3 is 10.3 Å². The van der Waals surface area contributed by atoms with E-state index in [9.17, 15) is 9.18 Å². The zero-order chi connectivity index (χ0) is 13.0. The number of nitrogens with zero attached hydrogens (tertiary/aromatic N) is 1. The Morgan fingerprint density at radius 2 is 2.39 bits per heavy atom. The van der Waals surface area contributed by atoms with Crippen molar-refractivity contribution in [1.82, 2.24) is 15.3 Å². The Balaban J connectivity index is 2.11. The largest absolute Gasteiger partial charge is 0.347 e. The Bertz CT molecular complexity index is 525. The van der Waals surface area contributed by atoms with Crippen LogP contribution in [0.3, 0.4) is 0 Å². The van der Waals surface area contributed by atoms with Crippen molar-refractivity contribution in [2.24, 2.45) is 0 Å². The third-order valence-corrected chi connectivity index (χ3v) is 2.65. The highest BCUT2D eigenvalue weighted by molar-refractivity contribution is 5.94. The van der Waals surface area contributed by atoms with E-state index in [1.807, 2.05) is 6.92 Å². The van der Waals surface area contributed by atoms with Crippen molar-refractivity contribution in [3.63, 3.8) is 0 Å². The lowest BCUT2D eigenvalue weighted by molar-refractivity contribution is 0.0933. The zero-order valence-electron chi connectivity index (χ0n) is 9.98. The van der Waals surface area contributed by atoms with Crippen molar-refractivity contribution in [3.8, 4) is 0 Å². The Kier molecular flexibility index (Phi) is 3.72. The van der Waals surface area contributed by atoms with Gasteiger partial charge in [-0.3, -0.25) is 4.79 Å². The van der Waals surface area contributed by atoms with Gasteiger partial charge in [-0.2, -0.15) is 0 Å². The molecular weight excluding hydrogens is 233 g/mol. The van der Waals surface area contributed by atoms with Crippen molar-refractivity contribution in [2.75, 3.05) is 0 Å². The molecule has 1 heterocycles. The molecule has 2 N–H and O–H groups in total. The summed E-state index contributed by atoms with van der Waals surface area (Å²) in [5.41, 5.74) is 0.306. The topological polar surface area (TPSA) is 57.8 Å². The molecule has 0 spiro atoms. The van der Waals surface area contributed by atoms with Crippen LogP contribution in [0.15, 0.2) is 36.7 Å². The number of carbonyl (C=O) groups excluding carboxylic acids is 1. The lowest BCUT2D eigenvalue weighted by Crippen LogP contribution is -2.28. The van der Waals surface area contributed by atoms with Gasteiger partial charge in [0.15, 0.2) is 0 Å². The number of imidazole rings is 1. The Labute approximate surface area is 104 Å². The lowest BCUT2D eigenvalue weighted by atomic mass is 10.1. The van der Waals surface area contributed by atoms with Gasteiger partial charge in [-0.1, -0.05) is 13.0 Å². The maximum Gasteiger partial charge on any atom is 0.251 e. The van der Waals surface area contributed by atoms with E-state index in [-0.39, 0.29) is 11.9 Å². The monoisotopic (exact) mass is 247 g/mol. The summed E-state index contributed by atoms with van der Waals surface area (Å²) in [6.07, 6.45) is 4.03. The number of hydrogen-bond acceptors (Lipinski definition) is 2. The van der Waals surface area contributed by atoms with Crippen molar-refractivity contribution >= 4 is 5.91 Å². The molecule has 0 saturated carbocycles. The number of benzene rings is 1. The van der Waals surface area contributed by atoms with Crippen LogP contribution in [0.5, 0.6) is 0 Å². The van der Waals surface area contributed by atoms with Gasteiger partial charge in [-0.15, -0.1) is 0 Å². The third kappa shape index (κ3) is 2.74. The summed E-state index contributed by atoms with van der Waals surface area (Å²) < 4.78 is 13.0. The van der Waals surface area contributed by atoms with Gasteiger partial charge in [0.2, 0.25) is 0 Å². The fraction of sp³-hybridized carbons (Fsp3) is 0.231. The third-order valence-electron chi connectivity index (χ3n) is 2.65. The fourth-order valence-electron chi connectivity index (χ4n) is 1.70. The molecule has 18 heavy (non-hydrogen) atoms. The second-order valence-electron chi connectivity index (χ2n) is 3.92. The van der Waals surface area contributed by atoms with Crippen LogP contribution in [0.4, 0.5) is 4.39 Å². The molecular formula is C13H14FN3O. The highest BCUT2D eigenvalue weighted by Crippen LogP contribution is 2.13. The van der Waals surface area contributed by atoms with Gasteiger partial charge in [-0.05, 0) is 24.6 Å². The van der Waals surface area contributed by atoms with Gasteiger partial charge in [-0.25, -0.2) is 9.37 Å². The smallest absolute Gasteiger partial charge is 0.251 e. The number of carbonyl (C=O) groups is 1.